The van der Waals surface area contributed by atoms with Gasteiger partial charge in [0.15, 0.2) is 11.4 Å². The molecule has 6 rings (SSSR count). The van der Waals surface area contributed by atoms with E-state index in [0.29, 0.717) is 31.2 Å². The van der Waals surface area contributed by atoms with E-state index < -0.39 is 74.1 Å². The van der Waals surface area contributed by atoms with Crippen LogP contribution in [-0.4, -0.2) is 69.3 Å². The molecule has 6 atom stereocenters. The lowest BCUT2D eigenvalue weighted by atomic mass is 9.74. The molecule has 1 aliphatic heterocycles. The van der Waals surface area contributed by atoms with Crippen LogP contribution in [0.5, 0.6) is 5.75 Å². The number of ether oxygens (including phenoxy) is 3. The number of para-hydroxylation sites is 1. The van der Waals surface area contributed by atoms with Gasteiger partial charge in [0, 0.05) is 18.8 Å². The average Bonchev–Trinajstić information content (AvgIpc) is 4.01. The number of rotatable bonds is 19. The van der Waals surface area contributed by atoms with Gasteiger partial charge in [-0.25, -0.2) is 14.1 Å². The fourth-order valence-corrected chi connectivity index (χ4v) is 9.61. The highest BCUT2D eigenvalue weighted by atomic mass is 31.2. The molecular formula is C38H49N8O10P. The van der Waals surface area contributed by atoms with E-state index >= 15 is 0 Å². The Hall–Kier alpha value is -5.08. The van der Waals surface area contributed by atoms with E-state index in [1.807, 2.05) is 0 Å². The largest absolute Gasteiger partial charge is 0.462 e. The topological polar surface area (TPSA) is 276 Å². The van der Waals surface area contributed by atoms with Gasteiger partial charge in [0.1, 0.15) is 41.9 Å². The lowest BCUT2D eigenvalue weighted by Gasteiger charge is -2.29. The van der Waals surface area contributed by atoms with Gasteiger partial charge in [-0.1, -0.05) is 18.2 Å². The molecule has 306 valence electrons. The molecule has 1 aromatic carbocycles. The van der Waals surface area contributed by atoms with E-state index in [1.54, 1.807) is 30.3 Å². The molecule has 57 heavy (non-hydrogen) atoms. The number of carbonyl (C=O) groups excluding carboxylic acids is 4. The number of fused-ring (bicyclic) bond motifs is 1. The number of primary amides is 2. The molecule has 3 aliphatic rings. The van der Waals surface area contributed by atoms with Gasteiger partial charge in [-0.15, -0.1) is 0 Å². The van der Waals surface area contributed by atoms with Gasteiger partial charge in [-0.3, -0.25) is 23.7 Å². The zero-order valence-electron chi connectivity index (χ0n) is 31.5. The first-order chi connectivity index (χ1) is 27.4. The Morgan fingerprint density at radius 3 is 2.26 bits per heavy atom. The Morgan fingerprint density at radius 2 is 1.61 bits per heavy atom. The number of amides is 2. The molecular weight excluding hydrogens is 759 g/mol. The standard InChI is InChI=1S/C38H49N8O10P/c39-22-38(32-17-16-30-36(42)43-23-44-46(30)32)28(15-19-34(41)48)27(14-18-33(40)47)31(55-38)21-52-57(51,56-26-12-2-1-3-13-26)45-29(37(50)54-25-10-6-7-11-25)20-35(49)53-24-8-4-5-9-24/h1-3,12-13,16-17,23-25,27-29,31H,4-11,14-15,18-21H2,(H2,40,47)(H2,41,48)(H,45,51)(H2,42,43,44)/t27-,28-,29+,31+,38-,57-/m1/s1. The van der Waals surface area contributed by atoms with E-state index in [2.05, 4.69) is 21.2 Å². The molecule has 0 spiro atoms. The molecule has 2 amide bonds. The Bertz CT molecular complexity index is 2000. The van der Waals surface area contributed by atoms with Gasteiger partial charge in [0.2, 0.25) is 11.8 Å². The van der Waals surface area contributed by atoms with Crippen LogP contribution >= 0.6 is 7.75 Å². The molecule has 7 N–H and O–H groups in total. The van der Waals surface area contributed by atoms with Crippen LogP contribution in [0, 0.1) is 23.2 Å². The van der Waals surface area contributed by atoms with Crippen LogP contribution in [0.4, 0.5) is 5.82 Å². The van der Waals surface area contributed by atoms with E-state index in [4.69, 9.17) is 40.5 Å². The van der Waals surface area contributed by atoms with Crippen molar-refractivity contribution in [2.24, 2.45) is 23.3 Å². The van der Waals surface area contributed by atoms with Gasteiger partial charge in [-0.05, 0) is 94.4 Å². The minimum absolute atomic E-state index is 0.0469. The first kappa shape index (κ1) is 41.6. The number of anilines is 1. The Kier molecular flexibility index (Phi) is 13.5. The maximum absolute atomic E-state index is 15.0. The summed E-state index contributed by atoms with van der Waals surface area (Å²) in [6.45, 7) is -0.519. The second-order valence-corrected chi connectivity index (χ2v) is 16.5. The minimum atomic E-state index is -4.64. The maximum atomic E-state index is 15.0. The normalized spacial score (nSPS) is 24.1. The third-order valence-corrected chi connectivity index (χ3v) is 12.4. The average molecular weight is 809 g/mol. The molecule has 2 aliphatic carbocycles. The van der Waals surface area contributed by atoms with Crippen LogP contribution in [0.3, 0.4) is 0 Å². The van der Waals surface area contributed by atoms with Crippen molar-refractivity contribution in [3.05, 3.63) is 54.5 Å². The maximum Gasteiger partial charge on any atom is 0.459 e. The summed E-state index contributed by atoms with van der Waals surface area (Å²) in [7, 11) is -4.64. The Labute approximate surface area is 329 Å². The highest BCUT2D eigenvalue weighted by Crippen LogP contribution is 2.53. The van der Waals surface area contributed by atoms with E-state index in [-0.39, 0.29) is 55.2 Å². The SMILES string of the molecule is N#C[C@@]1(c2ccc3c(N)ncnn23)O[C@@H](CO[P@](=O)(N[C@@H](CC(=O)OC2CCCC2)C(=O)OC2CCCC2)Oc2ccccc2)[C@H](CCC(N)=O)[C@H]1CCC(N)=O. The van der Waals surface area contributed by atoms with Crippen LogP contribution in [0.1, 0.15) is 89.2 Å². The fourth-order valence-electron chi connectivity index (χ4n) is 8.11. The molecule has 0 unspecified atom stereocenters. The van der Waals surface area contributed by atoms with Crippen molar-refractivity contribution >= 4 is 42.8 Å². The lowest BCUT2D eigenvalue weighted by molar-refractivity contribution is -0.157. The van der Waals surface area contributed by atoms with Crippen molar-refractivity contribution in [3.63, 3.8) is 0 Å². The third kappa shape index (κ3) is 10.1. The quantitative estimate of drug-likeness (QED) is 0.0992. The number of hydrogen-bond acceptors (Lipinski definition) is 14. The number of benzene rings is 1. The van der Waals surface area contributed by atoms with Gasteiger partial charge >= 0.3 is 19.7 Å². The fraction of sp³-hybridized carbons (Fsp3) is 0.553. The van der Waals surface area contributed by atoms with E-state index in [1.165, 1.54) is 23.0 Å². The van der Waals surface area contributed by atoms with Crippen LogP contribution < -0.4 is 26.8 Å². The summed E-state index contributed by atoms with van der Waals surface area (Å²) in [5, 5.41) is 18.0. The smallest absolute Gasteiger partial charge is 0.459 e. The predicted octanol–water partition coefficient (Wildman–Crippen LogP) is 3.72. The van der Waals surface area contributed by atoms with Gasteiger partial charge < -0.3 is 35.9 Å². The number of nitriles is 1. The molecule has 18 nitrogen and oxygen atoms in total. The summed E-state index contributed by atoms with van der Waals surface area (Å²) in [5.74, 6) is -4.02. The summed E-state index contributed by atoms with van der Waals surface area (Å²) in [6.07, 6.45) is 5.11. The summed E-state index contributed by atoms with van der Waals surface area (Å²) in [4.78, 5) is 55.3. The van der Waals surface area contributed by atoms with Crippen molar-refractivity contribution < 1.29 is 47.0 Å². The van der Waals surface area contributed by atoms with Gasteiger partial charge in [0.25, 0.3) is 0 Å². The minimum Gasteiger partial charge on any atom is -0.462 e. The predicted molar refractivity (Wildman–Crippen MR) is 202 cm³/mol. The van der Waals surface area contributed by atoms with Crippen molar-refractivity contribution in [1.82, 2.24) is 19.7 Å². The first-order valence-corrected chi connectivity index (χ1v) is 20.9. The first-order valence-electron chi connectivity index (χ1n) is 19.3. The molecule has 3 aromatic rings. The lowest BCUT2D eigenvalue weighted by Crippen LogP contribution is -2.41. The summed E-state index contributed by atoms with van der Waals surface area (Å²) >= 11 is 0. The van der Waals surface area contributed by atoms with Crippen LogP contribution in [0.15, 0.2) is 48.8 Å². The van der Waals surface area contributed by atoms with Gasteiger partial charge in [0.05, 0.1) is 24.8 Å². The van der Waals surface area contributed by atoms with Crippen LogP contribution in [0.25, 0.3) is 5.52 Å². The van der Waals surface area contributed by atoms with Crippen molar-refractivity contribution in [2.75, 3.05) is 12.3 Å². The number of nitrogens with zero attached hydrogens (tertiary/aromatic N) is 4. The number of carbonyl (C=O) groups is 4. The van der Waals surface area contributed by atoms with Crippen LogP contribution in [0.2, 0.25) is 0 Å². The number of aromatic nitrogens is 3. The third-order valence-electron chi connectivity index (χ3n) is 10.8. The second kappa shape index (κ2) is 18.5. The molecule has 0 radical (unpaired) electrons. The number of nitrogen functional groups attached to an aromatic ring is 1. The van der Waals surface area contributed by atoms with E-state index in [9.17, 15) is 29.0 Å². The summed E-state index contributed by atoms with van der Waals surface area (Å²) < 4.78 is 46.5. The summed E-state index contributed by atoms with van der Waals surface area (Å²) in [5.41, 5.74) is 16.1. The van der Waals surface area contributed by atoms with Crippen molar-refractivity contribution in [2.45, 2.75) is 113 Å². The Morgan fingerprint density at radius 1 is 0.965 bits per heavy atom. The molecule has 1 saturated heterocycles. The summed E-state index contributed by atoms with van der Waals surface area (Å²) in [6, 6.07) is 12.1. The molecule has 2 saturated carbocycles. The van der Waals surface area contributed by atoms with Gasteiger partial charge in [-0.2, -0.15) is 15.4 Å². The molecule has 19 heteroatoms. The number of hydrogen-bond donors (Lipinski definition) is 4. The van der Waals surface area contributed by atoms with E-state index in [0.717, 1.165) is 25.7 Å². The molecule has 0 bridgehead atoms. The second-order valence-electron chi connectivity index (χ2n) is 14.8. The zero-order valence-corrected chi connectivity index (χ0v) is 32.4. The Balaban J connectivity index is 1.33. The number of nitrogens with one attached hydrogen (secondary N) is 1. The molecule has 3 fully saturated rings. The van der Waals surface area contributed by atoms with Crippen molar-refractivity contribution in [3.8, 4) is 11.8 Å². The van der Waals surface area contributed by atoms with Crippen LogP contribution in [-0.2, 0) is 48.1 Å². The monoisotopic (exact) mass is 808 g/mol. The zero-order chi connectivity index (χ0) is 40.6. The molecule has 2 aromatic heterocycles. The highest BCUT2D eigenvalue weighted by Gasteiger charge is 2.58. The molecule has 3 heterocycles. The van der Waals surface area contributed by atoms with Crippen molar-refractivity contribution in [1.29, 1.82) is 5.26 Å². The number of nitrogens with two attached hydrogens (primary N) is 3. The highest BCUT2D eigenvalue weighted by molar-refractivity contribution is 7.52. The number of esters is 2.